The third-order valence-corrected chi connectivity index (χ3v) is 21.3. The normalized spacial score (nSPS) is 52.8. The molecule has 4 heterocycles. The van der Waals surface area contributed by atoms with E-state index < -0.39 is 172 Å². The van der Waals surface area contributed by atoms with Crippen LogP contribution in [0.1, 0.15) is 113 Å². The van der Waals surface area contributed by atoms with Crippen LogP contribution in [-0.4, -0.2) is 232 Å². The molecule has 0 aromatic heterocycles. The van der Waals surface area contributed by atoms with Crippen molar-refractivity contribution in [1.29, 1.82) is 0 Å². The molecule has 4 saturated heterocycles. The number of esters is 1. The van der Waals surface area contributed by atoms with Crippen LogP contribution in [0.25, 0.3) is 0 Å². The van der Waals surface area contributed by atoms with Gasteiger partial charge in [-0.25, -0.2) is 4.79 Å². The number of allylic oxidation sites excluding steroid dienone is 1. The summed E-state index contributed by atoms with van der Waals surface area (Å²) in [5.74, 6) is -2.10. The Hall–Kier alpha value is -2.12. The summed E-state index contributed by atoms with van der Waals surface area (Å²) in [5.41, 5.74) is -1.83. The lowest BCUT2D eigenvalue weighted by atomic mass is 9.32. The van der Waals surface area contributed by atoms with Crippen LogP contribution in [0.3, 0.4) is 0 Å². The lowest BCUT2D eigenvalue weighted by Gasteiger charge is -2.72. The Morgan fingerprint density at radius 2 is 1.03 bits per heavy atom. The van der Waals surface area contributed by atoms with E-state index in [1.807, 2.05) is 0 Å². The van der Waals surface area contributed by atoms with Gasteiger partial charge in [-0.05, 0) is 109 Å². The Balaban J connectivity index is 0.992. The van der Waals surface area contributed by atoms with Crippen molar-refractivity contribution in [3.8, 4) is 0 Å². The fourth-order valence-electron chi connectivity index (χ4n) is 16.6. The van der Waals surface area contributed by atoms with E-state index in [0.29, 0.717) is 38.5 Å². The number of fused-ring (bicyclic) bond motifs is 7. The second-order valence-electron chi connectivity index (χ2n) is 26.2. The predicted molar refractivity (Wildman–Crippen MR) is 263 cm³/mol. The van der Waals surface area contributed by atoms with Crippen molar-refractivity contribution in [2.75, 3.05) is 19.8 Å². The number of aliphatic carboxylic acids is 1. The maximum absolute atomic E-state index is 14.8. The minimum absolute atomic E-state index is 0.0126. The molecule has 78 heavy (non-hydrogen) atoms. The molecule has 8 fully saturated rings. The second-order valence-corrected chi connectivity index (χ2v) is 26.2. The molecule has 14 N–H and O–H groups in total. The molecule has 4 aliphatic heterocycles. The molecule has 0 aromatic rings. The van der Waals surface area contributed by atoms with Crippen LogP contribution >= 0.6 is 0 Å². The minimum Gasteiger partial charge on any atom is -0.479 e. The quantitative estimate of drug-likeness (QED) is 0.0574. The molecular weight excluding hydrogens is 1030 g/mol. The highest BCUT2D eigenvalue weighted by atomic mass is 16.8. The Kier molecular flexibility index (Phi) is 16.9. The number of carboxylic acid groups (broad SMARTS) is 1. The molecule has 446 valence electrons. The van der Waals surface area contributed by atoms with Crippen LogP contribution in [0.4, 0.5) is 0 Å². The molecule has 28 atom stereocenters. The van der Waals surface area contributed by atoms with Gasteiger partial charge in [-0.1, -0.05) is 60.1 Å². The van der Waals surface area contributed by atoms with Crippen LogP contribution in [0.2, 0.25) is 0 Å². The highest BCUT2D eigenvalue weighted by Gasteiger charge is 2.71. The van der Waals surface area contributed by atoms with Gasteiger partial charge in [0.2, 0.25) is 6.29 Å². The van der Waals surface area contributed by atoms with Crippen LogP contribution < -0.4 is 0 Å². The summed E-state index contributed by atoms with van der Waals surface area (Å²) in [7, 11) is 0. The average Bonchev–Trinajstić information content (AvgIpc) is 3.58. The van der Waals surface area contributed by atoms with Crippen molar-refractivity contribution in [3.63, 3.8) is 0 Å². The second kappa shape index (κ2) is 21.8. The summed E-state index contributed by atoms with van der Waals surface area (Å²) in [6.07, 6.45) is -28.0. The van der Waals surface area contributed by atoms with Gasteiger partial charge in [-0.3, -0.25) is 4.79 Å². The number of carbonyl (C=O) groups is 2. The van der Waals surface area contributed by atoms with Crippen molar-refractivity contribution in [3.05, 3.63) is 11.6 Å². The van der Waals surface area contributed by atoms with E-state index in [4.69, 9.17) is 37.9 Å². The summed E-state index contributed by atoms with van der Waals surface area (Å²) < 4.78 is 48.2. The van der Waals surface area contributed by atoms with E-state index in [2.05, 4.69) is 54.5 Å². The van der Waals surface area contributed by atoms with Gasteiger partial charge < -0.3 is 109 Å². The number of rotatable bonds is 12. The van der Waals surface area contributed by atoms with Crippen molar-refractivity contribution in [1.82, 2.24) is 0 Å². The number of ether oxygens (including phenoxy) is 8. The monoisotopic (exact) mass is 1120 g/mol. The summed E-state index contributed by atoms with van der Waals surface area (Å²) in [4.78, 5) is 27.7. The lowest BCUT2D eigenvalue weighted by Crippen LogP contribution is -2.69. The van der Waals surface area contributed by atoms with Crippen molar-refractivity contribution >= 4 is 11.9 Å². The molecule has 0 aromatic carbocycles. The van der Waals surface area contributed by atoms with E-state index in [-0.39, 0.29) is 39.4 Å². The molecule has 0 unspecified atom stereocenters. The third-order valence-electron chi connectivity index (χ3n) is 21.3. The van der Waals surface area contributed by atoms with Gasteiger partial charge in [0.05, 0.1) is 31.3 Å². The van der Waals surface area contributed by atoms with Gasteiger partial charge in [0.15, 0.2) is 25.0 Å². The number of hydrogen-bond donors (Lipinski definition) is 14. The van der Waals surface area contributed by atoms with Gasteiger partial charge in [-0.15, -0.1) is 0 Å². The van der Waals surface area contributed by atoms with Crippen molar-refractivity contribution < 1.29 is 119 Å². The third kappa shape index (κ3) is 9.72. The SMILES string of the molecule is CC1(C)C=C2[C@H]3CC[C@@H]4[C@@]5(C)CC[C@H](O[C@@H]6O[C@H](C(=O)O)[C@@H](O)[C@H](O[C@@H]7O[C@H](CO)[C@H](O)[C@H](O)[C@H]7O)[C@H]6O[C@@H]6O[C@H](CO)[C@@H](O)[C@H](O)[C@H]6O)C(C)(C)[C@@H]5CC[C@@]4(C)[C@]3(C)CC[C@@]2(C(=O)O[C@@H]2O[C@H](CO)[C@@H](O)[C@H](O)[C@H]2O)CC1. The maximum Gasteiger partial charge on any atom is 0.335 e. The van der Waals surface area contributed by atoms with E-state index in [1.165, 1.54) is 0 Å². The average molecular weight is 1120 g/mol. The zero-order valence-corrected chi connectivity index (χ0v) is 45.5. The summed E-state index contributed by atoms with van der Waals surface area (Å²) >= 11 is 0. The number of aliphatic hydroxyl groups is 13. The molecule has 5 aliphatic carbocycles. The molecule has 4 saturated carbocycles. The van der Waals surface area contributed by atoms with Crippen molar-refractivity contribution in [2.24, 2.45) is 50.2 Å². The highest BCUT2D eigenvalue weighted by Crippen LogP contribution is 2.76. The summed E-state index contributed by atoms with van der Waals surface area (Å²) in [5, 5.41) is 149. The zero-order chi connectivity index (χ0) is 57.1. The molecule has 24 heteroatoms. The largest absolute Gasteiger partial charge is 0.479 e. The first-order valence-electron chi connectivity index (χ1n) is 27.9. The predicted octanol–water partition coefficient (Wildman–Crippen LogP) is -1.94. The summed E-state index contributed by atoms with van der Waals surface area (Å²) in [6, 6.07) is 0. The molecule has 0 amide bonds. The van der Waals surface area contributed by atoms with Gasteiger partial charge in [0, 0.05) is 0 Å². The number of carboxylic acids is 1. The maximum atomic E-state index is 14.8. The fraction of sp³-hybridized carbons (Fsp3) is 0.926. The smallest absolute Gasteiger partial charge is 0.335 e. The topological polar surface area (TPSA) is 391 Å². The Morgan fingerprint density at radius 3 is 1.56 bits per heavy atom. The van der Waals surface area contributed by atoms with Gasteiger partial charge in [0.1, 0.15) is 91.6 Å². The van der Waals surface area contributed by atoms with Gasteiger partial charge in [0.25, 0.3) is 0 Å². The Bertz CT molecular complexity index is 2190. The molecule has 24 nitrogen and oxygen atoms in total. The molecule has 9 rings (SSSR count). The summed E-state index contributed by atoms with van der Waals surface area (Å²) in [6.45, 7) is 13.2. The Labute approximate surface area is 453 Å². The van der Waals surface area contributed by atoms with E-state index in [0.717, 1.165) is 31.3 Å². The van der Waals surface area contributed by atoms with Crippen LogP contribution in [-0.2, 0) is 47.5 Å². The van der Waals surface area contributed by atoms with Gasteiger partial charge in [-0.2, -0.15) is 0 Å². The fourth-order valence-corrected chi connectivity index (χ4v) is 16.6. The molecular formula is C54H86O24. The van der Waals surface area contributed by atoms with Crippen molar-refractivity contribution in [2.45, 2.75) is 242 Å². The first-order valence-corrected chi connectivity index (χ1v) is 27.9. The van der Waals surface area contributed by atoms with Crippen LogP contribution in [0.15, 0.2) is 11.6 Å². The number of carbonyl (C=O) groups excluding carboxylic acids is 1. The first kappa shape index (κ1) is 60.5. The Morgan fingerprint density at radius 1 is 0.513 bits per heavy atom. The first-order chi connectivity index (χ1) is 36.5. The highest BCUT2D eigenvalue weighted by molar-refractivity contribution is 5.82. The van der Waals surface area contributed by atoms with Crippen LogP contribution in [0.5, 0.6) is 0 Å². The standard InChI is InChI=1S/C54H86O24/c1-49(2)14-16-54(48(70)78-46-38(66)35(63)32(60)26(21-57)73-46)17-15-52(6)22(23(54)18-49)8-9-28-51(5)12-11-29(50(3,4)27(51)10-13-53(28,52)7)74-47-42(77-45-37(65)34(62)31(59)25(20-56)72-45)40(39(67)41(76-47)43(68)69)75-44-36(64)33(61)30(58)24(19-55)71-44/h18,22,24-42,44-47,55-67H,8-17,19-21H2,1-7H3,(H,68,69)/t22-,24-,25-,26-,27+,28-,29+,30+,31-,32-,33+,34+,35+,36-,37-,38-,39+,40+,41+,42-,44+,45+,46+,47-,51+,52-,53-,54+/m1/s1. The van der Waals surface area contributed by atoms with E-state index in [9.17, 15) is 81.1 Å². The molecule has 0 spiro atoms. The van der Waals surface area contributed by atoms with E-state index >= 15 is 0 Å². The lowest BCUT2D eigenvalue weighted by molar-refractivity contribution is -0.396. The number of hydrogen-bond acceptors (Lipinski definition) is 23. The minimum atomic E-state index is -2.16. The molecule has 9 aliphatic rings. The molecule has 0 radical (unpaired) electrons. The molecule has 0 bridgehead atoms. The van der Waals surface area contributed by atoms with E-state index in [1.54, 1.807) is 0 Å². The van der Waals surface area contributed by atoms with Crippen LogP contribution in [0, 0.1) is 50.2 Å². The zero-order valence-electron chi connectivity index (χ0n) is 45.5. The van der Waals surface area contributed by atoms with Gasteiger partial charge >= 0.3 is 11.9 Å². The number of aliphatic hydroxyl groups excluding tert-OH is 13.